The van der Waals surface area contributed by atoms with E-state index in [1.54, 1.807) is 12.5 Å². The molecule has 0 aliphatic heterocycles. The van der Waals surface area contributed by atoms with Crippen LogP contribution in [0.2, 0.25) is 0 Å². The Hall–Kier alpha value is -1.06. The highest BCUT2D eigenvalue weighted by molar-refractivity contribution is 9.10. The van der Waals surface area contributed by atoms with Crippen molar-refractivity contribution in [3.8, 4) is 0 Å². The summed E-state index contributed by atoms with van der Waals surface area (Å²) >= 11 is 3.56. The number of hydrogen-bond acceptors (Lipinski definition) is 2. The van der Waals surface area contributed by atoms with Crippen LogP contribution in [0.3, 0.4) is 0 Å². The molecule has 3 heteroatoms. The SMILES string of the molecule is NCC(Cc1ccoc1)c1ccccc1Br. The lowest BCUT2D eigenvalue weighted by Crippen LogP contribution is -2.15. The molecule has 0 aliphatic carbocycles. The Bertz CT molecular complexity index is 439. The number of nitrogens with two attached hydrogens (primary N) is 1. The zero-order valence-corrected chi connectivity index (χ0v) is 10.5. The van der Waals surface area contributed by atoms with E-state index >= 15 is 0 Å². The standard InChI is InChI=1S/C13H14BrNO/c14-13-4-2-1-3-12(13)11(8-15)7-10-5-6-16-9-10/h1-6,9,11H,7-8,15H2. The maximum Gasteiger partial charge on any atom is 0.0934 e. The average molecular weight is 280 g/mol. The Balaban J connectivity index is 2.20. The highest BCUT2D eigenvalue weighted by Gasteiger charge is 2.13. The molecule has 2 nitrogen and oxygen atoms in total. The second-order valence-corrected chi connectivity index (χ2v) is 4.64. The number of furan rings is 1. The predicted octanol–water partition coefficient (Wildman–Crippen LogP) is 3.33. The van der Waals surface area contributed by atoms with Gasteiger partial charge >= 0.3 is 0 Å². The van der Waals surface area contributed by atoms with Crippen LogP contribution >= 0.6 is 15.9 Å². The molecule has 0 aliphatic rings. The van der Waals surface area contributed by atoms with Crippen molar-refractivity contribution in [1.29, 1.82) is 0 Å². The van der Waals surface area contributed by atoms with E-state index in [1.165, 1.54) is 11.1 Å². The fourth-order valence-corrected chi connectivity index (χ4v) is 2.43. The minimum absolute atomic E-state index is 0.327. The largest absolute Gasteiger partial charge is 0.472 e. The van der Waals surface area contributed by atoms with E-state index in [0.717, 1.165) is 10.9 Å². The van der Waals surface area contributed by atoms with Gasteiger partial charge in [0.2, 0.25) is 0 Å². The molecule has 2 N–H and O–H groups in total. The van der Waals surface area contributed by atoms with Gasteiger partial charge in [-0.2, -0.15) is 0 Å². The molecule has 0 bridgehead atoms. The Labute approximate surface area is 104 Å². The predicted molar refractivity (Wildman–Crippen MR) is 68.3 cm³/mol. The number of hydrogen-bond donors (Lipinski definition) is 1. The van der Waals surface area contributed by atoms with Gasteiger partial charge in [-0.05, 0) is 36.2 Å². The summed E-state index contributed by atoms with van der Waals surface area (Å²) in [5.41, 5.74) is 8.28. The van der Waals surface area contributed by atoms with Crippen molar-refractivity contribution in [2.75, 3.05) is 6.54 Å². The molecule has 1 unspecified atom stereocenters. The van der Waals surface area contributed by atoms with Gasteiger partial charge in [-0.1, -0.05) is 34.1 Å². The third kappa shape index (κ3) is 2.54. The fourth-order valence-electron chi connectivity index (χ4n) is 1.82. The third-order valence-corrected chi connectivity index (χ3v) is 3.41. The normalized spacial score (nSPS) is 12.6. The number of rotatable bonds is 4. The summed E-state index contributed by atoms with van der Waals surface area (Å²) < 4.78 is 6.19. The minimum Gasteiger partial charge on any atom is -0.472 e. The Morgan fingerprint density at radius 3 is 2.69 bits per heavy atom. The molecule has 0 spiro atoms. The average Bonchev–Trinajstić information content (AvgIpc) is 2.80. The van der Waals surface area contributed by atoms with Crippen LogP contribution in [0.15, 0.2) is 51.7 Å². The van der Waals surface area contributed by atoms with E-state index in [2.05, 4.69) is 22.0 Å². The van der Waals surface area contributed by atoms with Crippen LogP contribution in [-0.2, 0) is 6.42 Å². The van der Waals surface area contributed by atoms with Gasteiger partial charge in [0.1, 0.15) is 0 Å². The van der Waals surface area contributed by atoms with Gasteiger partial charge in [-0.15, -0.1) is 0 Å². The third-order valence-electron chi connectivity index (χ3n) is 2.69. The molecule has 1 aromatic carbocycles. The van der Waals surface area contributed by atoms with E-state index in [4.69, 9.17) is 10.2 Å². The van der Waals surface area contributed by atoms with Gasteiger partial charge in [0.15, 0.2) is 0 Å². The fraction of sp³-hybridized carbons (Fsp3) is 0.231. The van der Waals surface area contributed by atoms with Crippen molar-refractivity contribution >= 4 is 15.9 Å². The van der Waals surface area contributed by atoms with Crippen molar-refractivity contribution in [2.24, 2.45) is 5.73 Å². The van der Waals surface area contributed by atoms with Crippen molar-refractivity contribution in [1.82, 2.24) is 0 Å². The lowest BCUT2D eigenvalue weighted by molar-refractivity contribution is 0.560. The Morgan fingerprint density at radius 1 is 1.25 bits per heavy atom. The molecule has 1 atom stereocenters. The van der Waals surface area contributed by atoms with E-state index in [-0.39, 0.29) is 0 Å². The number of benzene rings is 1. The van der Waals surface area contributed by atoms with Gasteiger partial charge in [0.25, 0.3) is 0 Å². The van der Waals surface area contributed by atoms with Gasteiger partial charge in [0, 0.05) is 10.4 Å². The molecule has 2 aromatic rings. The minimum atomic E-state index is 0.327. The first kappa shape index (κ1) is 11.4. The second-order valence-electron chi connectivity index (χ2n) is 3.79. The smallest absolute Gasteiger partial charge is 0.0934 e. The number of halogens is 1. The van der Waals surface area contributed by atoms with Crippen LogP contribution < -0.4 is 5.73 Å². The monoisotopic (exact) mass is 279 g/mol. The topological polar surface area (TPSA) is 39.2 Å². The summed E-state index contributed by atoms with van der Waals surface area (Å²) in [6.45, 7) is 0.633. The highest BCUT2D eigenvalue weighted by atomic mass is 79.9. The van der Waals surface area contributed by atoms with Crippen LogP contribution in [-0.4, -0.2) is 6.54 Å². The van der Waals surface area contributed by atoms with E-state index in [0.29, 0.717) is 12.5 Å². The molecule has 0 saturated carbocycles. The molecule has 0 radical (unpaired) electrons. The first-order valence-corrected chi connectivity index (χ1v) is 6.06. The zero-order valence-electron chi connectivity index (χ0n) is 8.90. The van der Waals surface area contributed by atoms with Gasteiger partial charge in [0.05, 0.1) is 12.5 Å². The molecule has 2 rings (SSSR count). The van der Waals surface area contributed by atoms with E-state index in [9.17, 15) is 0 Å². The molecule has 1 aromatic heterocycles. The first-order valence-electron chi connectivity index (χ1n) is 5.27. The zero-order chi connectivity index (χ0) is 11.4. The Morgan fingerprint density at radius 2 is 2.06 bits per heavy atom. The quantitative estimate of drug-likeness (QED) is 0.933. The van der Waals surface area contributed by atoms with Gasteiger partial charge in [-0.25, -0.2) is 0 Å². The van der Waals surface area contributed by atoms with Crippen LogP contribution in [0.5, 0.6) is 0 Å². The lowest BCUT2D eigenvalue weighted by atomic mass is 9.93. The van der Waals surface area contributed by atoms with Crippen molar-refractivity contribution in [3.05, 3.63) is 58.5 Å². The summed E-state index contributed by atoms with van der Waals surface area (Å²) in [7, 11) is 0. The van der Waals surface area contributed by atoms with Gasteiger partial charge in [-0.3, -0.25) is 0 Å². The van der Waals surface area contributed by atoms with Crippen molar-refractivity contribution in [2.45, 2.75) is 12.3 Å². The van der Waals surface area contributed by atoms with E-state index in [1.807, 2.05) is 24.3 Å². The molecule has 1 heterocycles. The first-order chi connectivity index (χ1) is 7.81. The summed E-state index contributed by atoms with van der Waals surface area (Å²) in [6, 6.07) is 10.2. The van der Waals surface area contributed by atoms with Crippen molar-refractivity contribution in [3.63, 3.8) is 0 Å². The summed E-state index contributed by atoms with van der Waals surface area (Å²) in [5.74, 6) is 0.327. The summed E-state index contributed by atoms with van der Waals surface area (Å²) in [4.78, 5) is 0. The van der Waals surface area contributed by atoms with Crippen LogP contribution in [0.1, 0.15) is 17.0 Å². The van der Waals surface area contributed by atoms with Crippen LogP contribution in [0.25, 0.3) is 0 Å². The van der Waals surface area contributed by atoms with E-state index < -0.39 is 0 Å². The highest BCUT2D eigenvalue weighted by Crippen LogP contribution is 2.27. The maximum absolute atomic E-state index is 5.84. The molecular formula is C13H14BrNO. The molecule has 0 saturated heterocycles. The second kappa shape index (κ2) is 5.32. The Kier molecular flexibility index (Phi) is 3.80. The molecule has 84 valence electrons. The molecule has 16 heavy (non-hydrogen) atoms. The summed E-state index contributed by atoms with van der Waals surface area (Å²) in [5, 5.41) is 0. The lowest BCUT2D eigenvalue weighted by Gasteiger charge is -2.15. The maximum atomic E-state index is 5.84. The molecule has 0 amide bonds. The molecular weight excluding hydrogens is 266 g/mol. The molecule has 0 fully saturated rings. The van der Waals surface area contributed by atoms with Crippen molar-refractivity contribution < 1.29 is 4.42 Å². The van der Waals surface area contributed by atoms with Crippen LogP contribution in [0, 0.1) is 0 Å². The van der Waals surface area contributed by atoms with Gasteiger partial charge < -0.3 is 10.2 Å². The summed E-state index contributed by atoms with van der Waals surface area (Å²) in [6.07, 6.45) is 4.39. The van der Waals surface area contributed by atoms with Crippen LogP contribution in [0.4, 0.5) is 0 Å².